The van der Waals surface area contributed by atoms with Crippen molar-refractivity contribution in [2.75, 3.05) is 4.90 Å². The van der Waals surface area contributed by atoms with Crippen molar-refractivity contribution >= 4 is 80.1 Å². The van der Waals surface area contributed by atoms with Gasteiger partial charge in [0, 0.05) is 62.8 Å². The highest BCUT2D eigenvalue weighted by Crippen LogP contribution is 2.51. The smallest absolute Gasteiger partial charge is 0.0465 e. The molecule has 0 amide bonds. The van der Waals surface area contributed by atoms with Crippen molar-refractivity contribution in [3.05, 3.63) is 211 Å². The van der Waals surface area contributed by atoms with Crippen molar-refractivity contribution in [2.24, 2.45) is 0 Å². The van der Waals surface area contributed by atoms with Gasteiger partial charge in [-0.1, -0.05) is 141 Å². The first kappa shape index (κ1) is 35.2. The summed E-state index contributed by atoms with van der Waals surface area (Å²) in [5.41, 5.74) is 16.1. The largest absolute Gasteiger partial charge is 0.310 e. The molecule has 1 nitrogen and oxygen atoms in total. The predicted octanol–water partition coefficient (Wildman–Crippen LogP) is 17.2. The van der Waals surface area contributed by atoms with Crippen LogP contribution in [0.25, 0.3) is 84.9 Å². The van der Waals surface area contributed by atoms with Gasteiger partial charge in [-0.25, -0.2) is 0 Å². The monoisotopic (exact) mass is 801 g/mol. The summed E-state index contributed by atoms with van der Waals surface area (Å²) in [4.78, 5) is 2.42. The third-order valence-electron chi connectivity index (χ3n) is 12.7. The van der Waals surface area contributed by atoms with Gasteiger partial charge in [0.25, 0.3) is 0 Å². The number of hydrogen-bond donors (Lipinski definition) is 0. The Morgan fingerprint density at radius 2 is 0.833 bits per heavy atom. The predicted molar refractivity (Wildman–Crippen MR) is 261 cm³/mol. The van der Waals surface area contributed by atoms with Crippen molar-refractivity contribution in [3.63, 3.8) is 0 Å². The van der Waals surface area contributed by atoms with Gasteiger partial charge < -0.3 is 4.90 Å². The zero-order valence-electron chi connectivity index (χ0n) is 33.3. The molecule has 0 bridgehead atoms. The maximum absolute atomic E-state index is 2.44. The summed E-state index contributed by atoms with van der Waals surface area (Å²) >= 11 is 3.75. The molecule has 0 aliphatic heterocycles. The van der Waals surface area contributed by atoms with E-state index < -0.39 is 0 Å². The van der Waals surface area contributed by atoms with Crippen LogP contribution < -0.4 is 4.90 Å². The number of hydrogen-bond acceptors (Lipinski definition) is 3. The maximum atomic E-state index is 2.44. The lowest BCUT2D eigenvalue weighted by Crippen LogP contribution is -2.16. The van der Waals surface area contributed by atoms with E-state index in [1.807, 2.05) is 22.7 Å². The standard InChI is InChI=1S/C57H39NS2/c1-57(2)51-17-9-6-14-43(51)44-30-29-42(33-52(44)57)58(40-25-20-37(21-26-40)36-12-4-3-5-13-36)41-27-22-38(23-28-41)48-35-56-50(46-16-8-11-19-54(46)60-56)34-47(48)39-24-31-55-49(32-39)45-15-7-10-18-53(45)59-55/h3-35H,1-2H3. The molecule has 0 N–H and O–H groups in total. The van der Waals surface area contributed by atoms with E-state index in [9.17, 15) is 0 Å². The fourth-order valence-electron chi connectivity index (χ4n) is 9.64. The van der Waals surface area contributed by atoms with Crippen LogP contribution in [0.4, 0.5) is 17.1 Å². The maximum Gasteiger partial charge on any atom is 0.0465 e. The molecule has 0 atom stereocenters. The second-order valence-electron chi connectivity index (χ2n) is 16.5. The average molecular weight is 802 g/mol. The molecule has 12 rings (SSSR count). The minimum Gasteiger partial charge on any atom is -0.310 e. The van der Waals surface area contributed by atoms with Crippen LogP contribution >= 0.6 is 22.7 Å². The van der Waals surface area contributed by atoms with E-state index in [2.05, 4.69) is 219 Å². The first-order chi connectivity index (χ1) is 29.5. The molecule has 2 aromatic heterocycles. The molecule has 60 heavy (non-hydrogen) atoms. The van der Waals surface area contributed by atoms with Gasteiger partial charge >= 0.3 is 0 Å². The average Bonchev–Trinajstić information content (AvgIpc) is 3.93. The lowest BCUT2D eigenvalue weighted by molar-refractivity contribution is 0.660. The van der Waals surface area contributed by atoms with Crippen LogP contribution in [0, 0.1) is 0 Å². The zero-order valence-corrected chi connectivity index (χ0v) is 34.9. The number of benzene rings is 9. The normalized spacial score (nSPS) is 13.0. The first-order valence-corrected chi connectivity index (χ1v) is 22.3. The Kier molecular flexibility index (Phi) is 8.00. The Labute approximate surface area is 358 Å². The highest BCUT2D eigenvalue weighted by Gasteiger charge is 2.35. The molecule has 0 fully saturated rings. The van der Waals surface area contributed by atoms with Crippen molar-refractivity contribution in [1.82, 2.24) is 0 Å². The molecule has 2 heterocycles. The SMILES string of the molecule is CC1(C)c2ccccc2-c2ccc(N(c3ccc(-c4ccccc4)cc3)c3ccc(-c4cc5sc6ccccc6c5cc4-c4ccc5sc6ccccc6c5c4)cc3)cc21. The van der Waals surface area contributed by atoms with Gasteiger partial charge in [0.05, 0.1) is 0 Å². The summed E-state index contributed by atoms with van der Waals surface area (Å²) in [5.74, 6) is 0. The Morgan fingerprint density at radius 1 is 0.317 bits per heavy atom. The summed E-state index contributed by atoms with van der Waals surface area (Å²) in [6.07, 6.45) is 0. The van der Waals surface area contributed by atoms with E-state index in [1.54, 1.807) is 0 Å². The Hall–Kier alpha value is -6.78. The zero-order chi connectivity index (χ0) is 40.0. The van der Waals surface area contributed by atoms with Crippen LogP contribution in [0.15, 0.2) is 200 Å². The molecular formula is C57H39NS2. The van der Waals surface area contributed by atoms with Gasteiger partial charge in [-0.3, -0.25) is 0 Å². The van der Waals surface area contributed by atoms with E-state index >= 15 is 0 Å². The molecule has 11 aromatic rings. The van der Waals surface area contributed by atoms with E-state index in [4.69, 9.17) is 0 Å². The molecule has 1 aliphatic carbocycles. The molecule has 284 valence electrons. The van der Waals surface area contributed by atoms with Gasteiger partial charge in [-0.15, -0.1) is 22.7 Å². The van der Waals surface area contributed by atoms with E-state index in [0.29, 0.717) is 0 Å². The van der Waals surface area contributed by atoms with E-state index in [-0.39, 0.29) is 5.41 Å². The van der Waals surface area contributed by atoms with Gasteiger partial charge in [0.1, 0.15) is 0 Å². The fraction of sp³-hybridized carbons (Fsp3) is 0.0526. The van der Waals surface area contributed by atoms with E-state index in [1.165, 1.54) is 96.0 Å². The molecule has 3 heteroatoms. The number of thiophene rings is 2. The molecule has 0 unspecified atom stereocenters. The second kappa shape index (κ2) is 13.6. The Bertz CT molecular complexity index is 3440. The number of nitrogens with zero attached hydrogens (tertiary/aromatic N) is 1. The molecule has 0 radical (unpaired) electrons. The van der Waals surface area contributed by atoms with Crippen molar-refractivity contribution in [3.8, 4) is 44.5 Å². The highest BCUT2D eigenvalue weighted by atomic mass is 32.1. The summed E-state index contributed by atoms with van der Waals surface area (Å²) in [6, 6.07) is 74.4. The lowest BCUT2D eigenvalue weighted by atomic mass is 9.82. The van der Waals surface area contributed by atoms with Gasteiger partial charge in [-0.2, -0.15) is 0 Å². The van der Waals surface area contributed by atoms with E-state index in [0.717, 1.165) is 17.1 Å². The summed E-state index contributed by atoms with van der Waals surface area (Å²) in [5, 5.41) is 5.27. The van der Waals surface area contributed by atoms with Crippen LogP contribution in [0.2, 0.25) is 0 Å². The molecule has 0 saturated heterocycles. The van der Waals surface area contributed by atoms with Gasteiger partial charge in [0.2, 0.25) is 0 Å². The quantitative estimate of drug-likeness (QED) is 0.162. The Morgan fingerprint density at radius 3 is 1.57 bits per heavy atom. The van der Waals surface area contributed by atoms with Crippen molar-refractivity contribution in [1.29, 1.82) is 0 Å². The van der Waals surface area contributed by atoms with Gasteiger partial charge in [-0.05, 0) is 128 Å². The fourth-order valence-corrected chi connectivity index (χ4v) is 11.9. The molecule has 1 aliphatic rings. The minimum atomic E-state index is -0.103. The molecule has 0 saturated carbocycles. The summed E-state index contributed by atoms with van der Waals surface area (Å²) in [7, 11) is 0. The summed E-state index contributed by atoms with van der Waals surface area (Å²) in [6.45, 7) is 4.72. The van der Waals surface area contributed by atoms with Crippen molar-refractivity contribution < 1.29 is 0 Å². The van der Waals surface area contributed by atoms with Crippen LogP contribution in [0.5, 0.6) is 0 Å². The highest BCUT2D eigenvalue weighted by molar-refractivity contribution is 7.26. The summed E-state index contributed by atoms with van der Waals surface area (Å²) < 4.78 is 5.28. The van der Waals surface area contributed by atoms with Crippen LogP contribution in [-0.2, 0) is 5.41 Å². The minimum absolute atomic E-state index is 0.103. The lowest BCUT2D eigenvalue weighted by Gasteiger charge is -2.28. The second-order valence-corrected chi connectivity index (χ2v) is 18.7. The third kappa shape index (κ3) is 5.58. The van der Waals surface area contributed by atoms with Gasteiger partial charge in [0.15, 0.2) is 0 Å². The number of rotatable bonds is 6. The topological polar surface area (TPSA) is 3.24 Å². The van der Waals surface area contributed by atoms with Crippen LogP contribution in [-0.4, -0.2) is 0 Å². The molecule has 9 aromatic carbocycles. The van der Waals surface area contributed by atoms with Crippen LogP contribution in [0.3, 0.4) is 0 Å². The van der Waals surface area contributed by atoms with Crippen molar-refractivity contribution in [2.45, 2.75) is 19.3 Å². The Balaban J connectivity index is 1.01. The first-order valence-electron chi connectivity index (χ1n) is 20.7. The number of anilines is 3. The number of fused-ring (bicyclic) bond motifs is 9. The molecule has 0 spiro atoms. The molecular weight excluding hydrogens is 763 g/mol. The third-order valence-corrected chi connectivity index (χ3v) is 15.0. The van der Waals surface area contributed by atoms with Crippen LogP contribution in [0.1, 0.15) is 25.0 Å².